The van der Waals surface area contributed by atoms with E-state index in [9.17, 15) is 0 Å². The Hall–Kier alpha value is -0.940. The zero-order chi connectivity index (χ0) is 14.3. The summed E-state index contributed by atoms with van der Waals surface area (Å²) in [6.07, 6.45) is 1.13. The minimum atomic E-state index is 0.360. The van der Waals surface area contributed by atoms with Crippen molar-refractivity contribution in [2.24, 2.45) is 0 Å². The molecule has 0 saturated heterocycles. The lowest BCUT2D eigenvalue weighted by atomic mass is 10.2. The second-order valence-electron chi connectivity index (χ2n) is 4.98. The predicted molar refractivity (Wildman–Crippen MR) is 84.4 cm³/mol. The van der Waals surface area contributed by atoms with Gasteiger partial charge >= 0.3 is 0 Å². The monoisotopic (exact) mass is 282 g/mol. The number of rotatable bonds is 8. The molecule has 0 aliphatic heterocycles. The van der Waals surface area contributed by atoms with Crippen molar-refractivity contribution in [3.8, 4) is 0 Å². The largest absolute Gasteiger partial charge is 0.371 e. The molecule has 0 aliphatic rings. The van der Waals surface area contributed by atoms with Crippen molar-refractivity contribution in [2.45, 2.75) is 40.0 Å². The smallest absolute Gasteiger partial charge is 0.131 e. The first kappa shape index (κ1) is 16.1. The average molecular weight is 282 g/mol. The van der Waals surface area contributed by atoms with Crippen molar-refractivity contribution in [3.05, 3.63) is 16.5 Å². The number of aromatic nitrogens is 2. The van der Waals surface area contributed by atoms with Crippen LogP contribution in [-0.4, -0.2) is 41.0 Å². The Morgan fingerprint density at radius 1 is 1.37 bits per heavy atom. The fraction of sp³-hybridized carbons (Fsp3) is 0.714. The van der Waals surface area contributed by atoms with E-state index in [2.05, 4.69) is 47.9 Å². The first-order valence-corrected chi connectivity index (χ1v) is 7.55. The molecule has 108 valence electrons. The van der Waals surface area contributed by atoms with Gasteiger partial charge in [-0.1, -0.05) is 39.9 Å². The molecule has 4 nitrogen and oxygen atoms in total. The van der Waals surface area contributed by atoms with Gasteiger partial charge in [0.2, 0.25) is 0 Å². The molecule has 0 unspecified atom stereocenters. The van der Waals surface area contributed by atoms with Gasteiger partial charge in [-0.05, 0) is 26.1 Å². The number of aromatic amines is 1. The molecule has 0 bridgehead atoms. The fourth-order valence-corrected chi connectivity index (χ4v) is 2.13. The van der Waals surface area contributed by atoms with Gasteiger partial charge in [0.1, 0.15) is 16.3 Å². The summed E-state index contributed by atoms with van der Waals surface area (Å²) in [7, 11) is 0. The first-order chi connectivity index (χ1) is 9.06. The summed E-state index contributed by atoms with van der Waals surface area (Å²) in [5.74, 6) is 2.28. The highest BCUT2D eigenvalue weighted by atomic mass is 32.1. The second-order valence-corrected chi connectivity index (χ2v) is 5.40. The van der Waals surface area contributed by atoms with E-state index < -0.39 is 0 Å². The lowest BCUT2D eigenvalue weighted by Gasteiger charge is -2.18. The Morgan fingerprint density at radius 3 is 2.63 bits per heavy atom. The Bertz CT molecular complexity index is 424. The molecule has 19 heavy (non-hydrogen) atoms. The van der Waals surface area contributed by atoms with E-state index in [1.165, 1.54) is 0 Å². The van der Waals surface area contributed by atoms with Gasteiger partial charge in [-0.3, -0.25) is 0 Å². The van der Waals surface area contributed by atoms with E-state index in [-0.39, 0.29) is 0 Å². The molecule has 0 atom stereocenters. The maximum absolute atomic E-state index is 5.18. The van der Waals surface area contributed by atoms with Gasteiger partial charge in [0.15, 0.2) is 0 Å². The SMILES string of the molecule is CCN(CC)CCCNc1cc(=S)nc(C(C)C)[nH]1. The third-order valence-corrected chi connectivity index (χ3v) is 3.38. The minimum absolute atomic E-state index is 0.360. The normalized spacial score (nSPS) is 11.3. The maximum Gasteiger partial charge on any atom is 0.131 e. The lowest BCUT2D eigenvalue weighted by molar-refractivity contribution is 0.303. The molecule has 0 saturated carbocycles. The summed E-state index contributed by atoms with van der Waals surface area (Å²) in [5.41, 5.74) is 0. The van der Waals surface area contributed by atoms with E-state index in [0.29, 0.717) is 10.6 Å². The summed E-state index contributed by atoms with van der Waals surface area (Å²) < 4.78 is 0.647. The average Bonchev–Trinajstić information content (AvgIpc) is 2.38. The molecule has 0 radical (unpaired) electrons. The van der Waals surface area contributed by atoms with Gasteiger partial charge in [-0.2, -0.15) is 0 Å². The zero-order valence-electron chi connectivity index (χ0n) is 12.5. The molecule has 0 spiro atoms. The zero-order valence-corrected chi connectivity index (χ0v) is 13.3. The van der Waals surface area contributed by atoms with Crippen molar-refractivity contribution in [1.29, 1.82) is 0 Å². The van der Waals surface area contributed by atoms with Crippen LogP contribution in [0, 0.1) is 4.64 Å². The minimum Gasteiger partial charge on any atom is -0.371 e. The van der Waals surface area contributed by atoms with Crippen LogP contribution in [0.3, 0.4) is 0 Å². The first-order valence-electron chi connectivity index (χ1n) is 7.14. The Kier molecular flexibility index (Phi) is 7.02. The quantitative estimate of drug-likeness (QED) is 0.566. The van der Waals surface area contributed by atoms with Gasteiger partial charge < -0.3 is 15.2 Å². The molecule has 0 amide bonds. The molecule has 5 heteroatoms. The predicted octanol–water partition coefficient (Wildman–Crippen LogP) is 3.41. The number of nitrogens with one attached hydrogen (secondary N) is 2. The number of hydrogen-bond donors (Lipinski definition) is 2. The molecular weight excluding hydrogens is 256 g/mol. The summed E-state index contributed by atoms with van der Waals surface area (Å²) >= 11 is 5.18. The molecule has 1 rings (SSSR count). The third-order valence-electron chi connectivity index (χ3n) is 3.17. The molecule has 1 aromatic heterocycles. The standard InChI is InChI=1S/C14H26N4S/c1-5-18(6-2)9-7-8-15-12-10-13(19)17-14(16-12)11(3)4/h10-11H,5-9H2,1-4H3,(H2,15,16,17,19). The van der Waals surface area contributed by atoms with Crippen LogP contribution in [0.5, 0.6) is 0 Å². The Balaban J connectivity index is 2.47. The molecular formula is C14H26N4S. The van der Waals surface area contributed by atoms with Crippen molar-refractivity contribution in [1.82, 2.24) is 14.9 Å². The second kappa shape index (κ2) is 8.27. The van der Waals surface area contributed by atoms with E-state index >= 15 is 0 Å². The molecule has 1 aromatic rings. The summed E-state index contributed by atoms with van der Waals surface area (Å²) in [5, 5.41) is 3.40. The number of anilines is 1. The highest BCUT2D eigenvalue weighted by Crippen LogP contribution is 2.12. The highest BCUT2D eigenvalue weighted by Gasteiger charge is 2.03. The summed E-state index contributed by atoms with van der Waals surface area (Å²) in [6.45, 7) is 12.9. The fourth-order valence-electron chi connectivity index (χ4n) is 1.91. The van der Waals surface area contributed by atoms with Crippen LogP contribution in [0.4, 0.5) is 5.82 Å². The molecule has 0 aromatic carbocycles. The van der Waals surface area contributed by atoms with Crippen LogP contribution in [0.2, 0.25) is 0 Å². The van der Waals surface area contributed by atoms with E-state index in [0.717, 1.165) is 44.2 Å². The summed E-state index contributed by atoms with van der Waals surface area (Å²) in [4.78, 5) is 10.1. The van der Waals surface area contributed by atoms with Crippen LogP contribution < -0.4 is 5.32 Å². The van der Waals surface area contributed by atoms with E-state index in [1.807, 2.05) is 6.07 Å². The van der Waals surface area contributed by atoms with Crippen molar-refractivity contribution in [3.63, 3.8) is 0 Å². The Morgan fingerprint density at radius 2 is 2.05 bits per heavy atom. The number of hydrogen-bond acceptors (Lipinski definition) is 4. The number of nitrogens with zero attached hydrogens (tertiary/aromatic N) is 2. The van der Waals surface area contributed by atoms with Crippen LogP contribution in [0.1, 0.15) is 45.9 Å². The molecule has 0 fully saturated rings. The third kappa shape index (κ3) is 5.70. The van der Waals surface area contributed by atoms with Gasteiger partial charge in [0, 0.05) is 18.5 Å². The number of H-pyrrole nitrogens is 1. The summed E-state index contributed by atoms with van der Waals surface area (Å²) in [6, 6.07) is 1.89. The van der Waals surface area contributed by atoms with E-state index in [4.69, 9.17) is 12.2 Å². The maximum atomic E-state index is 5.18. The topological polar surface area (TPSA) is 44.0 Å². The van der Waals surface area contributed by atoms with Crippen LogP contribution in [-0.2, 0) is 0 Å². The molecule has 2 N–H and O–H groups in total. The van der Waals surface area contributed by atoms with Crippen molar-refractivity contribution < 1.29 is 0 Å². The van der Waals surface area contributed by atoms with Crippen LogP contribution >= 0.6 is 12.2 Å². The van der Waals surface area contributed by atoms with Crippen molar-refractivity contribution >= 4 is 18.0 Å². The molecule has 1 heterocycles. The van der Waals surface area contributed by atoms with Crippen molar-refractivity contribution in [2.75, 3.05) is 31.5 Å². The highest BCUT2D eigenvalue weighted by molar-refractivity contribution is 7.71. The lowest BCUT2D eigenvalue weighted by Crippen LogP contribution is -2.25. The van der Waals surface area contributed by atoms with Crippen LogP contribution in [0.15, 0.2) is 6.07 Å². The Labute approximate surface area is 121 Å². The van der Waals surface area contributed by atoms with Gasteiger partial charge in [-0.25, -0.2) is 4.98 Å². The van der Waals surface area contributed by atoms with Gasteiger partial charge in [-0.15, -0.1) is 0 Å². The van der Waals surface area contributed by atoms with Gasteiger partial charge in [0.05, 0.1) is 0 Å². The van der Waals surface area contributed by atoms with Crippen LogP contribution in [0.25, 0.3) is 0 Å². The van der Waals surface area contributed by atoms with E-state index in [1.54, 1.807) is 0 Å². The molecule has 0 aliphatic carbocycles. The van der Waals surface area contributed by atoms with Gasteiger partial charge in [0.25, 0.3) is 0 Å².